The van der Waals surface area contributed by atoms with Crippen LogP contribution in [0.2, 0.25) is 0 Å². The van der Waals surface area contributed by atoms with Crippen LogP contribution in [0.3, 0.4) is 0 Å². The second-order valence-corrected chi connectivity index (χ2v) is 4.36. The van der Waals surface area contributed by atoms with Gasteiger partial charge in [0.05, 0.1) is 0 Å². The van der Waals surface area contributed by atoms with Crippen LogP contribution in [0.1, 0.15) is 23.2 Å². The topological polar surface area (TPSA) is 65.2 Å². The molecule has 2 heterocycles. The van der Waals surface area contributed by atoms with Gasteiger partial charge in [-0.1, -0.05) is 0 Å². The molecule has 0 radical (unpaired) electrons. The third kappa shape index (κ3) is 2.74. The number of carbonyl (C=O) groups excluding carboxylic acids is 1. The lowest BCUT2D eigenvalue weighted by molar-refractivity contribution is 0.0708. The van der Waals surface area contributed by atoms with Gasteiger partial charge in [0.2, 0.25) is 5.56 Å². The first-order valence-electron chi connectivity index (χ1n) is 5.85. The molecule has 0 spiro atoms. The lowest BCUT2D eigenvalue weighted by atomic mass is 10.1. The Morgan fingerprint density at radius 3 is 3.00 bits per heavy atom. The smallest absolute Gasteiger partial charge is 0.254 e. The predicted molar refractivity (Wildman–Crippen MR) is 65.0 cm³/mol. The van der Waals surface area contributed by atoms with E-state index in [9.17, 15) is 9.59 Å². The van der Waals surface area contributed by atoms with Crippen LogP contribution in [0, 0.1) is 0 Å². The Hall–Kier alpha value is -1.62. The number of likely N-dealkylation sites (N-methyl/N-ethyl adjacent to an activating group) is 1. The zero-order chi connectivity index (χ0) is 12.3. The molecule has 1 atom stereocenters. The van der Waals surface area contributed by atoms with Gasteiger partial charge in [-0.3, -0.25) is 9.59 Å². The Labute approximate surface area is 99.8 Å². The molecule has 0 aromatic carbocycles. The van der Waals surface area contributed by atoms with Gasteiger partial charge in [0.15, 0.2) is 0 Å². The summed E-state index contributed by atoms with van der Waals surface area (Å²) in [4.78, 5) is 27.5. The normalized spacial score (nSPS) is 19.9. The maximum absolute atomic E-state index is 12.1. The van der Waals surface area contributed by atoms with Crippen molar-refractivity contribution in [3.05, 3.63) is 34.2 Å². The summed E-state index contributed by atoms with van der Waals surface area (Å²) >= 11 is 0. The molecule has 0 saturated carbocycles. The van der Waals surface area contributed by atoms with Gasteiger partial charge in [0.25, 0.3) is 5.91 Å². The number of rotatable bonds is 2. The summed E-state index contributed by atoms with van der Waals surface area (Å²) in [5.74, 6) is -0.0928. The number of amides is 1. The van der Waals surface area contributed by atoms with Crippen LogP contribution in [-0.4, -0.2) is 42.0 Å². The molecular formula is C12H17N3O2. The number of nitrogens with zero attached hydrogens (tertiary/aromatic N) is 1. The molecule has 1 aliphatic rings. The number of hydrogen-bond donors (Lipinski definition) is 2. The van der Waals surface area contributed by atoms with E-state index in [0.717, 1.165) is 25.9 Å². The summed E-state index contributed by atoms with van der Waals surface area (Å²) in [6, 6.07) is 3.20. The lowest BCUT2D eigenvalue weighted by Gasteiger charge is -2.31. The monoisotopic (exact) mass is 235 g/mol. The highest BCUT2D eigenvalue weighted by atomic mass is 16.2. The molecule has 1 aromatic rings. The third-order valence-electron chi connectivity index (χ3n) is 3.16. The molecule has 1 saturated heterocycles. The maximum Gasteiger partial charge on any atom is 0.254 e. The number of aromatic nitrogens is 1. The van der Waals surface area contributed by atoms with Gasteiger partial charge in [0, 0.05) is 37.5 Å². The van der Waals surface area contributed by atoms with E-state index < -0.39 is 0 Å². The van der Waals surface area contributed by atoms with E-state index in [-0.39, 0.29) is 17.5 Å². The van der Waals surface area contributed by atoms with E-state index in [4.69, 9.17) is 0 Å². The van der Waals surface area contributed by atoms with Crippen molar-refractivity contribution in [3.63, 3.8) is 0 Å². The van der Waals surface area contributed by atoms with Crippen LogP contribution in [0.4, 0.5) is 0 Å². The highest BCUT2D eigenvalue weighted by Crippen LogP contribution is 2.11. The quantitative estimate of drug-likeness (QED) is 0.769. The standard InChI is InChI=1S/C12H17N3O2/c1-15(10-3-2-5-13-8-10)12(17)9-4-6-14-11(16)7-9/h4,6-7,10,13H,2-3,5,8H2,1H3,(H,14,16). The van der Waals surface area contributed by atoms with Gasteiger partial charge >= 0.3 is 0 Å². The van der Waals surface area contributed by atoms with Crippen LogP contribution in [-0.2, 0) is 0 Å². The molecule has 92 valence electrons. The van der Waals surface area contributed by atoms with Crippen molar-refractivity contribution in [2.24, 2.45) is 0 Å². The van der Waals surface area contributed by atoms with E-state index in [1.165, 1.54) is 12.3 Å². The van der Waals surface area contributed by atoms with Crippen LogP contribution >= 0.6 is 0 Å². The molecule has 5 nitrogen and oxygen atoms in total. The molecule has 1 aliphatic heterocycles. The largest absolute Gasteiger partial charge is 0.337 e. The molecule has 0 aliphatic carbocycles. The van der Waals surface area contributed by atoms with Crippen LogP contribution in [0.25, 0.3) is 0 Å². The number of nitrogens with one attached hydrogen (secondary N) is 2. The van der Waals surface area contributed by atoms with E-state index in [1.807, 2.05) is 0 Å². The van der Waals surface area contributed by atoms with Crippen molar-refractivity contribution in [2.45, 2.75) is 18.9 Å². The van der Waals surface area contributed by atoms with Crippen molar-refractivity contribution in [3.8, 4) is 0 Å². The van der Waals surface area contributed by atoms with Gasteiger partial charge in [-0.25, -0.2) is 0 Å². The summed E-state index contributed by atoms with van der Waals surface area (Å²) in [7, 11) is 1.79. The number of piperidine rings is 1. The van der Waals surface area contributed by atoms with Crippen molar-refractivity contribution in [1.29, 1.82) is 0 Å². The third-order valence-corrected chi connectivity index (χ3v) is 3.16. The van der Waals surface area contributed by atoms with E-state index in [2.05, 4.69) is 10.3 Å². The van der Waals surface area contributed by atoms with E-state index in [1.54, 1.807) is 18.0 Å². The fourth-order valence-electron chi connectivity index (χ4n) is 2.11. The van der Waals surface area contributed by atoms with Gasteiger partial charge in [0.1, 0.15) is 0 Å². The molecule has 1 amide bonds. The SMILES string of the molecule is CN(C(=O)c1cc[nH]c(=O)c1)C1CCCNC1. The number of pyridine rings is 1. The minimum absolute atomic E-state index is 0.0928. The summed E-state index contributed by atoms with van der Waals surface area (Å²) < 4.78 is 0. The summed E-state index contributed by atoms with van der Waals surface area (Å²) in [5.41, 5.74) is 0.202. The van der Waals surface area contributed by atoms with E-state index in [0.29, 0.717) is 5.56 Å². The average molecular weight is 235 g/mol. The first-order chi connectivity index (χ1) is 8.18. The molecule has 5 heteroatoms. The van der Waals surface area contributed by atoms with E-state index >= 15 is 0 Å². The number of H-pyrrole nitrogens is 1. The van der Waals surface area contributed by atoms with Crippen molar-refractivity contribution < 1.29 is 4.79 Å². The zero-order valence-corrected chi connectivity index (χ0v) is 9.90. The first-order valence-corrected chi connectivity index (χ1v) is 5.85. The van der Waals surface area contributed by atoms with Crippen LogP contribution in [0.15, 0.2) is 23.1 Å². The molecular weight excluding hydrogens is 218 g/mol. The summed E-state index contributed by atoms with van der Waals surface area (Å²) in [5, 5.41) is 3.27. The Balaban J connectivity index is 2.11. The molecule has 1 fully saturated rings. The van der Waals surface area contributed by atoms with Crippen molar-refractivity contribution in [2.75, 3.05) is 20.1 Å². The lowest BCUT2D eigenvalue weighted by Crippen LogP contribution is -2.46. The first kappa shape index (κ1) is 11.9. The molecule has 0 bridgehead atoms. The Morgan fingerprint density at radius 1 is 1.53 bits per heavy atom. The fraction of sp³-hybridized carbons (Fsp3) is 0.500. The van der Waals surface area contributed by atoms with Gasteiger partial charge in [-0.05, 0) is 25.5 Å². The Morgan fingerprint density at radius 2 is 2.35 bits per heavy atom. The van der Waals surface area contributed by atoms with Crippen LogP contribution < -0.4 is 10.9 Å². The number of carbonyl (C=O) groups is 1. The Bertz CT molecular complexity index is 449. The number of hydrogen-bond acceptors (Lipinski definition) is 3. The minimum atomic E-state index is -0.244. The predicted octanol–water partition coefficient (Wildman–Crippen LogP) is 0.199. The molecule has 17 heavy (non-hydrogen) atoms. The molecule has 1 aromatic heterocycles. The summed E-state index contributed by atoms with van der Waals surface area (Å²) in [6.07, 6.45) is 3.60. The van der Waals surface area contributed by atoms with Crippen LogP contribution in [0.5, 0.6) is 0 Å². The van der Waals surface area contributed by atoms with Crippen molar-refractivity contribution in [1.82, 2.24) is 15.2 Å². The van der Waals surface area contributed by atoms with Crippen molar-refractivity contribution >= 4 is 5.91 Å². The molecule has 1 unspecified atom stereocenters. The van der Waals surface area contributed by atoms with Gasteiger partial charge in [-0.2, -0.15) is 0 Å². The second-order valence-electron chi connectivity index (χ2n) is 4.36. The number of aromatic amines is 1. The highest BCUT2D eigenvalue weighted by molar-refractivity contribution is 5.94. The second kappa shape index (κ2) is 5.14. The average Bonchev–Trinajstić information content (AvgIpc) is 2.38. The molecule has 2 rings (SSSR count). The van der Waals surface area contributed by atoms with Gasteiger partial charge < -0.3 is 15.2 Å². The molecule has 2 N–H and O–H groups in total. The summed E-state index contributed by atoms with van der Waals surface area (Å²) in [6.45, 7) is 1.84. The highest BCUT2D eigenvalue weighted by Gasteiger charge is 2.22. The fourth-order valence-corrected chi connectivity index (χ4v) is 2.11. The maximum atomic E-state index is 12.1. The zero-order valence-electron chi connectivity index (χ0n) is 9.90. The minimum Gasteiger partial charge on any atom is -0.337 e. The Kier molecular flexibility index (Phi) is 3.58. The van der Waals surface area contributed by atoms with Gasteiger partial charge in [-0.15, -0.1) is 0 Å².